The standard InChI is InChI=1S/C24H40O5/c1-13(4-7-19(26)27)15-5-6-16-20-17(9-11-23(15,16)2)24(3)10-8-14(25)12-18(24)21(28)22(20)29/h13-18,20-22,25,28-29H,4-12H2,1-3H3,(H,26,27)/t13-,14-,15-,16+,17+,18+,20+,21-,22-,23-,24-/m1/s1/i8D2,12D2. The predicted octanol–water partition coefficient (Wildman–Crippen LogP) is 3.45. The highest BCUT2D eigenvalue weighted by atomic mass is 16.4. The van der Waals surface area contributed by atoms with Gasteiger partial charge in [0, 0.05) is 11.9 Å². The van der Waals surface area contributed by atoms with Crippen molar-refractivity contribution in [3.63, 3.8) is 0 Å². The maximum absolute atomic E-state index is 11.4. The maximum Gasteiger partial charge on any atom is 0.303 e. The number of carboxylic acid groups (broad SMARTS) is 1. The lowest BCUT2D eigenvalue weighted by atomic mass is 9.43. The number of carbonyl (C=O) groups is 1. The van der Waals surface area contributed by atoms with E-state index >= 15 is 0 Å². The van der Waals surface area contributed by atoms with E-state index in [2.05, 4.69) is 13.8 Å². The van der Waals surface area contributed by atoms with Gasteiger partial charge in [-0.25, -0.2) is 0 Å². The second kappa shape index (κ2) is 7.49. The van der Waals surface area contributed by atoms with Crippen molar-refractivity contribution in [1.82, 2.24) is 0 Å². The van der Waals surface area contributed by atoms with Crippen LogP contribution in [0.25, 0.3) is 0 Å². The smallest absolute Gasteiger partial charge is 0.303 e. The van der Waals surface area contributed by atoms with E-state index in [1.807, 2.05) is 6.92 Å². The van der Waals surface area contributed by atoms with E-state index in [0.717, 1.165) is 19.3 Å². The molecule has 0 saturated heterocycles. The van der Waals surface area contributed by atoms with Crippen LogP contribution in [0.4, 0.5) is 0 Å². The predicted molar refractivity (Wildman–Crippen MR) is 110 cm³/mol. The molecule has 4 rings (SSSR count). The average Bonchev–Trinajstić information content (AvgIpc) is 3.05. The number of aliphatic hydroxyl groups is 3. The summed E-state index contributed by atoms with van der Waals surface area (Å²) in [5.74, 6) is -1.59. The first-order valence-corrected chi connectivity index (χ1v) is 11.3. The van der Waals surface area contributed by atoms with Crippen molar-refractivity contribution >= 4 is 5.97 Å². The molecule has 0 amide bonds. The fraction of sp³-hybridized carbons (Fsp3) is 0.958. The van der Waals surface area contributed by atoms with Crippen LogP contribution >= 0.6 is 0 Å². The summed E-state index contributed by atoms with van der Waals surface area (Å²) < 4.78 is 33.9. The van der Waals surface area contributed by atoms with Crippen LogP contribution in [0.2, 0.25) is 0 Å². The van der Waals surface area contributed by atoms with Crippen molar-refractivity contribution < 1.29 is 30.7 Å². The number of fused-ring (bicyclic) bond motifs is 5. The summed E-state index contributed by atoms with van der Waals surface area (Å²) in [6.45, 7) is 6.21. The third-order valence-corrected chi connectivity index (χ3v) is 9.56. The highest BCUT2D eigenvalue weighted by Gasteiger charge is 2.65. The SMILES string of the molecule is [2H]C1([2H])C[C@@]2(C)[C@H]([C@@H](O)[C@H](O)[C@@H]3[C@@H]2CC[C@]2(C)[C@@H]([C@H](C)CCC(=O)O)CC[C@@H]32)C([2H])([2H])[C@@H]1O. The van der Waals surface area contributed by atoms with E-state index in [1.54, 1.807) is 0 Å². The molecular weight excluding hydrogens is 368 g/mol. The highest BCUT2D eigenvalue weighted by Crippen LogP contribution is 2.68. The van der Waals surface area contributed by atoms with Crippen molar-refractivity contribution in [2.24, 2.45) is 46.3 Å². The van der Waals surface area contributed by atoms with Gasteiger partial charge in [0.1, 0.15) is 0 Å². The molecule has 29 heavy (non-hydrogen) atoms. The lowest BCUT2D eigenvalue weighted by Gasteiger charge is -2.63. The number of rotatable bonds is 4. The summed E-state index contributed by atoms with van der Waals surface area (Å²) >= 11 is 0. The van der Waals surface area contributed by atoms with Crippen LogP contribution in [-0.2, 0) is 4.79 Å². The first-order valence-electron chi connectivity index (χ1n) is 13.3. The topological polar surface area (TPSA) is 98.0 Å². The largest absolute Gasteiger partial charge is 0.481 e. The molecule has 11 atom stereocenters. The van der Waals surface area contributed by atoms with Gasteiger partial charge in [-0.2, -0.15) is 0 Å². The molecule has 4 aliphatic rings. The number of hydrogen-bond acceptors (Lipinski definition) is 4. The quantitative estimate of drug-likeness (QED) is 0.567. The molecule has 4 aliphatic carbocycles. The highest BCUT2D eigenvalue weighted by molar-refractivity contribution is 5.66. The normalized spacial score (nSPS) is 58.4. The zero-order chi connectivity index (χ0) is 24.7. The first kappa shape index (κ1) is 17.0. The molecule has 5 heteroatoms. The van der Waals surface area contributed by atoms with Crippen LogP contribution in [0.15, 0.2) is 0 Å². The van der Waals surface area contributed by atoms with Crippen molar-refractivity contribution in [2.75, 3.05) is 0 Å². The molecule has 0 spiro atoms. The Bertz CT molecular complexity index is 793. The van der Waals surface area contributed by atoms with Gasteiger partial charge in [-0.05, 0) is 97.6 Å². The van der Waals surface area contributed by atoms with Crippen LogP contribution in [-0.4, -0.2) is 44.7 Å². The Morgan fingerprint density at radius 2 is 1.72 bits per heavy atom. The van der Waals surface area contributed by atoms with E-state index in [1.165, 1.54) is 0 Å². The zero-order valence-corrected chi connectivity index (χ0v) is 17.8. The Balaban J connectivity index is 1.68. The Hall–Kier alpha value is -0.650. The minimum absolute atomic E-state index is 0.0435. The van der Waals surface area contributed by atoms with E-state index < -0.39 is 48.4 Å². The van der Waals surface area contributed by atoms with Gasteiger partial charge < -0.3 is 20.4 Å². The molecule has 0 unspecified atom stereocenters. The molecule has 4 saturated carbocycles. The van der Waals surface area contributed by atoms with E-state index in [-0.39, 0.29) is 41.9 Å². The van der Waals surface area contributed by atoms with Crippen LogP contribution in [0.3, 0.4) is 0 Å². The molecule has 0 aromatic rings. The molecule has 4 N–H and O–H groups in total. The lowest BCUT2D eigenvalue weighted by molar-refractivity contribution is -0.223. The van der Waals surface area contributed by atoms with Crippen molar-refractivity contribution in [3.05, 3.63) is 0 Å². The minimum atomic E-state index is -2.35. The molecule has 0 aromatic heterocycles. The summed E-state index contributed by atoms with van der Waals surface area (Å²) in [5, 5.41) is 42.2. The van der Waals surface area contributed by atoms with Crippen molar-refractivity contribution in [2.45, 2.75) is 96.8 Å². The van der Waals surface area contributed by atoms with Gasteiger partial charge in [0.15, 0.2) is 0 Å². The van der Waals surface area contributed by atoms with E-state index in [4.69, 9.17) is 10.6 Å². The van der Waals surface area contributed by atoms with E-state index in [9.17, 15) is 20.1 Å². The fourth-order valence-electron chi connectivity index (χ4n) is 8.09. The average molecular weight is 413 g/mol. The molecule has 4 fully saturated rings. The Morgan fingerprint density at radius 3 is 2.41 bits per heavy atom. The summed E-state index contributed by atoms with van der Waals surface area (Å²) in [7, 11) is 0. The summed E-state index contributed by atoms with van der Waals surface area (Å²) in [5.41, 5.74) is -0.987. The van der Waals surface area contributed by atoms with Crippen molar-refractivity contribution in [1.29, 1.82) is 0 Å². The lowest BCUT2D eigenvalue weighted by Crippen LogP contribution is -2.64. The third kappa shape index (κ3) is 3.27. The van der Waals surface area contributed by atoms with Gasteiger partial charge in [-0.15, -0.1) is 0 Å². The fourth-order valence-corrected chi connectivity index (χ4v) is 8.09. The van der Waals surface area contributed by atoms with Crippen molar-refractivity contribution in [3.8, 4) is 0 Å². The molecule has 0 radical (unpaired) electrons. The number of aliphatic hydroxyl groups excluding tert-OH is 3. The molecule has 0 aromatic carbocycles. The number of aliphatic carboxylic acids is 1. The monoisotopic (exact) mass is 412 g/mol. The Kier molecular flexibility index (Phi) is 4.38. The Morgan fingerprint density at radius 1 is 1.03 bits per heavy atom. The van der Waals surface area contributed by atoms with Gasteiger partial charge in [0.2, 0.25) is 0 Å². The second-order valence-corrected chi connectivity index (χ2v) is 10.8. The molecular formula is C24H40O5. The maximum atomic E-state index is 11.4. The molecule has 0 bridgehead atoms. The van der Waals surface area contributed by atoms with Crippen LogP contribution < -0.4 is 0 Å². The zero-order valence-electron chi connectivity index (χ0n) is 21.8. The first-order chi connectivity index (χ1) is 15.1. The van der Waals surface area contributed by atoms with E-state index in [0.29, 0.717) is 18.8 Å². The van der Waals surface area contributed by atoms with Gasteiger partial charge in [-0.3, -0.25) is 4.79 Å². The number of hydrogen-bond donors (Lipinski definition) is 4. The summed E-state index contributed by atoms with van der Waals surface area (Å²) in [6.07, 6.45) is -4.75. The minimum Gasteiger partial charge on any atom is -0.481 e. The Labute approximate surface area is 180 Å². The van der Waals surface area contributed by atoms with Gasteiger partial charge in [-0.1, -0.05) is 20.8 Å². The summed E-state index contributed by atoms with van der Waals surface area (Å²) in [6, 6.07) is 0. The van der Waals surface area contributed by atoms with Crippen LogP contribution in [0, 0.1) is 46.3 Å². The van der Waals surface area contributed by atoms with Gasteiger partial charge in [0.05, 0.1) is 18.3 Å². The van der Waals surface area contributed by atoms with Gasteiger partial charge in [0.25, 0.3) is 0 Å². The van der Waals surface area contributed by atoms with Crippen LogP contribution in [0.5, 0.6) is 0 Å². The van der Waals surface area contributed by atoms with Crippen LogP contribution in [0.1, 0.15) is 83.9 Å². The molecule has 166 valence electrons. The molecule has 5 nitrogen and oxygen atoms in total. The van der Waals surface area contributed by atoms with Gasteiger partial charge >= 0.3 is 5.97 Å². The molecule has 0 aliphatic heterocycles. The second-order valence-electron chi connectivity index (χ2n) is 10.8. The molecule has 0 heterocycles. The number of carboxylic acids is 1. The summed E-state index contributed by atoms with van der Waals surface area (Å²) in [4.78, 5) is 11.1. The third-order valence-electron chi connectivity index (χ3n) is 9.56.